The van der Waals surface area contributed by atoms with E-state index >= 15 is 0 Å². The highest BCUT2D eigenvalue weighted by Crippen LogP contribution is 2.30. The summed E-state index contributed by atoms with van der Waals surface area (Å²) in [7, 11) is 1.56. The lowest BCUT2D eigenvalue weighted by molar-refractivity contribution is 0.145. The predicted molar refractivity (Wildman–Crippen MR) is 96.5 cm³/mol. The molecular weight excluding hydrogens is 360 g/mol. The maximum Gasteiger partial charge on any atom is 0.282 e. The molecule has 0 radical (unpaired) electrons. The van der Waals surface area contributed by atoms with E-state index in [0.29, 0.717) is 33.2 Å². The number of alkyl halides is 2. The molecule has 3 N–H and O–H groups in total. The summed E-state index contributed by atoms with van der Waals surface area (Å²) in [5.74, 6) is 0.667. The van der Waals surface area contributed by atoms with Crippen LogP contribution in [0.25, 0.3) is 16.9 Å². The fourth-order valence-electron chi connectivity index (χ4n) is 2.61. The number of aromatic nitrogens is 2. The maximum atomic E-state index is 13.2. The normalized spacial score (nSPS) is 11.2. The number of ether oxygens (including phenoxy) is 1. The molecule has 0 aliphatic rings. The highest BCUT2D eigenvalue weighted by atomic mass is 32.2. The number of rotatable bonds is 6. The zero-order valence-electron chi connectivity index (χ0n) is 13.9. The lowest BCUT2D eigenvalue weighted by Gasteiger charge is -2.11. The van der Waals surface area contributed by atoms with Gasteiger partial charge in [0.25, 0.3) is 6.43 Å². The first-order valence-corrected chi connectivity index (χ1v) is 8.58. The van der Waals surface area contributed by atoms with Gasteiger partial charge in [0.05, 0.1) is 25.1 Å². The minimum Gasteiger partial charge on any atom is -0.497 e. The molecule has 5 nitrogen and oxygen atoms in total. The average molecular weight is 377 g/mol. The van der Waals surface area contributed by atoms with E-state index in [1.807, 2.05) is 0 Å². The molecular formula is C18H17F2N3O2S. The number of benzene rings is 2. The lowest BCUT2D eigenvalue weighted by Crippen LogP contribution is -2.02. The molecule has 0 bridgehead atoms. The topological polar surface area (TPSA) is 73.3 Å². The summed E-state index contributed by atoms with van der Waals surface area (Å²) in [6.45, 7) is -0.214. The van der Waals surface area contributed by atoms with Crippen molar-refractivity contribution in [3.05, 3.63) is 59.8 Å². The van der Waals surface area contributed by atoms with Crippen LogP contribution in [0.1, 0.15) is 17.7 Å². The van der Waals surface area contributed by atoms with Gasteiger partial charge in [-0.25, -0.2) is 13.5 Å². The first-order chi connectivity index (χ1) is 12.6. The largest absolute Gasteiger partial charge is 0.497 e. The smallest absolute Gasteiger partial charge is 0.282 e. The van der Waals surface area contributed by atoms with Gasteiger partial charge in [-0.05, 0) is 66.0 Å². The van der Waals surface area contributed by atoms with Crippen LogP contribution < -0.4 is 9.88 Å². The fraction of sp³-hybridized carbons (Fsp3) is 0.167. The SMILES string of the molecule is COc1ccc(-c2cc(C(F)F)nn2-c2ccc(SN)c(CO)c2)cc1. The molecule has 0 saturated carbocycles. The van der Waals surface area contributed by atoms with Crippen molar-refractivity contribution in [2.45, 2.75) is 17.9 Å². The number of methoxy groups -OCH3 is 1. The van der Waals surface area contributed by atoms with Crippen LogP contribution in [-0.2, 0) is 6.61 Å². The molecule has 0 spiro atoms. The Balaban J connectivity index is 2.14. The Morgan fingerprint density at radius 3 is 2.50 bits per heavy atom. The van der Waals surface area contributed by atoms with Gasteiger partial charge in [0, 0.05) is 10.5 Å². The van der Waals surface area contributed by atoms with Gasteiger partial charge in [-0.15, -0.1) is 0 Å². The molecule has 3 aromatic rings. The van der Waals surface area contributed by atoms with Crippen molar-refractivity contribution >= 4 is 11.9 Å². The molecule has 136 valence electrons. The van der Waals surface area contributed by atoms with Gasteiger partial charge in [-0.2, -0.15) is 5.10 Å². The molecule has 0 fully saturated rings. The van der Waals surface area contributed by atoms with Crippen molar-refractivity contribution in [3.8, 4) is 22.7 Å². The van der Waals surface area contributed by atoms with Crippen LogP contribution in [0.4, 0.5) is 8.78 Å². The van der Waals surface area contributed by atoms with Crippen LogP contribution in [0, 0.1) is 0 Å². The van der Waals surface area contributed by atoms with Crippen LogP contribution in [0.2, 0.25) is 0 Å². The number of hydrogen-bond donors (Lipinski definition) is 2. The molecule has 0 atom stereocenters. The Bertz CT molecular complexity index is 898. The Hall–Kier alpha value is -2.42. The first-order valence-electron chi connectivity index (χ1n) is 7.70. The zero-order valence-corrected chi connectivity index (χ0v) is 14.7. The van der Waals surface area contributed by atoms with Gasteiger partial charge in [0.2, 0.25) is 0 Å². The number of halogens is 2. The van der Waals surface area contributed by atoms with Crippen molar-refractivity contribution in [2.24, 2.45) is 5.14 Å². The molecule has 1 aromatic heterocycles. The second-order valence-corrected chi connectivity index (χ2v) is 6.14. The summed E-state index contributed by atoms with van der Waals surface area (Å²) in [5, 5.41) is 19.2. The van der Waals surface area contributed by atoms with Crippen LogP contribution in [-0.4, -0.2) is 22.0 Å². The molecule has 26 heavy (non-hydrogen) atoms. The number of hydrogen-bond acceptors (Lipinski definition) is 5. The maximum absolute atomic E-state index is 13.2. The predicted octanol–water partition coefficient (Wildman–Crippen LogP) is 3.94. The van der Waals surface area contributed by atoms with E-state index in [4.69, 9.17) is 9.88 Å². The van der Waals surface area contributed by atoms with Crippen LogP contribution in [0.5, 0.6) is 5.75 Å². The van der Waals surface area contributed by atoms with Gasteiger partial charge < -0.3 is 9.84 Å². The molecule has 3 rings (SSSR count). The average Bonchev–Trinajstić information content (AvgIpc) is 3.13. The van der Waals surface area contributed by atoms with E-state index in [9.17, 15) is 13.9 Å². The standard InChI is InChI=1S/C18H17F2N3O2S/c1-25-14-5-2-11(3-6-14)16-9-15(18(19)20)22-23(16)13-4-7-17(26-21)12(8-13)10-24/h2-9,18,24H,10,21H2,1H3. The van der Waals surface area contributed by atoms with Crippen molar-refractivity contribution in [1.82, 2.24) is 9.78 Å². The van der Waals surface area contributed by atoms with E-state index in [0.717, 1.165) is 11.9 Å². The number of aliphatic hydroxyl groups is 1. The minimum absolute atomic E-state index is 0.214. The third kappa shape index (κ3) is 3.57. The molecule has 0 unspecified atom stereocenters. The van der Waals surface area contributed by atoms with Crippen LogP contribution in [0.3, 0.4) is 0 Å². The third-order valence-corrected chi connectivity index (χ3v) is 4.58. The summed E-state index contributed by atoms with van der Waals surface area (Å²) < 4.78 is 33.0. The zero-order chi connectivity index (χ0) is 18.7. The summed E-state index contributed by atoms with van der Waals surface area (Å²) in [6, 6.07) is 13.6. The molecule has 0 saturated heterocycles. The summed E-state index contributed by atoms with van der Waals surface area (Å²) in [5.41, 5.74) is 2.07. The van der Waals surface area contributed by atoms with E-state index in [-0.39, 0.29) is 12.3 Å². The van der Waals surface area contributed by atoms with Gasteiger partial charge in [-0.3, -0.25) is 5.14 Å². The Morgan fingerprint density at radius 1 is 1.19 bits per heavy atom. The van der Waals surface area contributed by atoms with Crippen molar-refractivity contribution in [2.75, 3.05) is 7.11 Å². The molecule has 8 heteroatoms. The van der Waals surface area contributed by atoms with E-state index in [2.05, 4.69) is 5.10 Å². The summed E-state index contributed by atoms with van der Waals surface area (Å²) in [4.78, 5) is 0.712. The Kier molecular flexibility index (Phi) is 5.55. The molecule has 0 aliphatic carbocycles. The highest BCUT2D eigenvalue weighted by molar-refractivity contribution is 7.97. The number of nitrogens with zero attached hydrogens (tertiary/aromatic N) is 2. The molecule has 0 amide bonds. The monoisotopic (exact) mass is 377 g/mol. The number of nitrogens with two attached hydrogens (primary N) is 1. The lowest BCUT2D eigenvalue weighted by atomic mass is 10.1. The number of aliphatic hydroxyl groups excluding tert-OH is 1. The molecule has 2 aromatic carbocycles. The van der Waals surface area contributed by atoms with Crippen LogP contribution >= 0.6 is 11.9 Å². The van der Waals surface area contributed by atoms with E-state index < -0.39 is 6.43 Å². The first kappa shape index (κ1) is 18.4. The van der Waals surface area contributed by atoms with Crippen LogP contribution in [0.15, 0.2) is 53.4 Å². The highest BCUT2D eigenvalue weighted by Gasteiger charge is 2.18. The second-order valence-electron chi connectivity index (χ2n) is 5.46. The molecule has 1 heterocycles. The third-order valence-electron chi connectivity index (χ3n) is 3.92. The van der Waals surface area contributed by atoms with Gasteiger partial charge in [0.15, 0.2) is 0 Å². The van der Waals surface area contributed by atoms with E-state index in [1.54, 1.807) is 49.6 Å². The van der Waals surface area contributed by atoms with Crippen molar-refractivity contribution in [3.63, 3.8) is 0 Å². The minimum atomic E-state index is -2.69. The summed E-state index contributed by atoms with van der Waals surface area (Å²) in [6.07, 6.45) is -2.69. The van der Waals surface area contributed by atoms with Crippen molar-refractivity contribution in [1.29, 1.82) is 0 Å². The van der Waals surface area contributed by atoms with Gasteiger partial charge in [0.1, 0.15) is 11.4 Å². The molecule has 0 aliphatic heterocycles. The Labute approximate surface area is 153 Å². The van der Waals surface area contributed by atoms with Gasteiger partial charge >= 0.3 is 0 Å². The van der Waals surface area contributed by atoms with Crippen molar-refractivity contribution < 1.29 is 18.6 Å². The van der Waals surface area contributed by atoms with Gasteiger partial charge in [-0.1, -0.05) is 0 Å². The quantitative estimate of drug-likeness (QED) is 0.637. The summed E-state index contributed by atoms with van der Waals surface area (Å²) >= 11 is 1.02. The second kappa shape index (κ2) is 7.86. The Morgan fingerprint density at radius 2 is 1.92 bits per heavy atom. The fourth-order valence-corrected chi connectivity index (χ4v) is 3.03. The van der Waals surface area contributed by atoms with E-state index in [1.165, 1.54) is 10.7 Å².